The van der Waals surface area contributed by atoms with Crippen molar-refractivity contribution in [2.24, 2.45) is 0 Å². The molecule has 0 fully saturated rings. The first kappa shape index (κ1) is 11.2. The largest absolute Gasteiger partial charge is 0.508 e. The standard InChI is InChI=1S/C12H11NO4/c1-6(12(16)17)9-4-7-2-3-8(14)5-10(7)13-11(9)15/h2-6,14H,1H3,(H,13,15)(H,16,17). The Morgan fingerprint density at radius 3 is 2.71 bits per heavy atom. The summed E-state index contributed by atoms with van der Waals surface area (Å²) in [4.78, 5) is 25.1. The lowest BCUT2D eigenvalue weighted by Crippen LogP contribution is -2.19. The van der Waals surface area contributed by atoms with Gasteiger partial charge in [0.1, 0.15) is 5.75 Å². The molecule has 1 heterocycles. The lowest BCUT2D eigenvalue weighted by atomic mass is 10.0. The van der Waals surface area contributed by atoms with Gasteiger partial charge < -0.3 is 15.2 Å². The smallest absolute Gasteiger partial charge is 0.310 e. The second-order valence-corrected chi connectivity index (χ2v) is 3.89. The van der Waals surface area contributed by atoms with Gasteiger partial charge in [-0.05, 0) is 30.5 Å². The van der Waals surface area contributed by atoms with Gasteiger partial charge in [0, 0.05) is 11.6 Å². The van der Waals surface area contributed by atoms with Crippen LogP contribution in [0.1, 0.15) is 18.4 Å². The molecule has 0 saturated heterocycles. The third-order valence-corrected chi connectivity index (χ3v) is 2.70. The number of phenolic OH excluding ortho intramolecular Hbond substituents is 1. The third kappa shape index (κ3) is 1.99. The van der Waals surface area contributed by atoms with E-state index in [0.29, 0.717) is 10.9 Å². The van der Waals surface area contributed by atoms with Crippen LogP contribution in [0.4, 0.5) is 0 Å². The summed E-state index contributed by atoms with van der Waals surface area (Å²) in [5, 5.41) is 18.8. The van der Waals surface area contributed by atoms with Crippen molar-refractivity contribution < 1.29 is 15.0 Å². The fourth-order valence-corrected chi connectivity index (χ4v) is 1.66. The minimum atomic E-state index is -1.05. The van der Waals surface area contributed by atoms with E-state index in [1.165, 1.54) is 25.1 Å². The number of nitrogens with one attached hydrogen (secondary N) is 1. The second kappa shape index (κ2) is 3.93. The molecule has 1 aromatic heterocycles. The Labute approximate surface area is 96.3 Å². The number of phenols is 1. The van der Waals surface area contributed by atoms with E-state index in [9.17, 15) is 14.7 Å². The van der Waals surface area contributed by atoms with E-state index >= 15 is 0 Å². The summed E-state index contributed by atoms with van der Waals surface area (Å²) in [7, 11) is 0. The Hall–Kier alpha value is -2.30. The van der Waals surface area contributed by atoms with Gasteiger partial charge in [0.15, 0.2) is 0 Å². The zero-order chi connectivity index (χ0) is 12.6. The first-order valence-electron chi connectivity index (χ1n) is 5.08. The van der Waals surface area contributed by atoms with Crippen LogP contribution in [0.2, 0.25) is 0 Å². The van der Waals surface area contributed by atoms with Crippen LogP contribution in [0.25, 0.3) is 10.9 Å². The SMILES string of the molecule is CC(C(=O)O)c1cc2ccc(O)cc2[nH]c1=O. The zero-order valence-corrected chi connectivity index (χ0v) is 9.10. The first-order valence-corrected chi connectivity index (χ1v) is 5.08. The molecule has 2 rings (SSSR count). The number of H-pyrrole nitrogens is 1. The van der Waals surface area contributed by atoms with E-state index < -0.39 is 17.4 Å². The van der Waals surface area contributed by atoms with E-state index in [4.69, 9.17) is 5.11 Å². The molecule has 3 N–H and O–H groups in total. The van der Waals surface area contributed by atoms with Gasteiger partial charge in [-0.1, -0.05) is 0 Å². The predicted octanol–water partition coefficient (Wildman–Crippen LogP) is 1.42. The van der Waals surface area contributed by atoms with Gasteiger partial charge in [-0.3, -0.25) is 9.59 Å². The summed E-state index contributed by atoms with van der Waals surface area (Å²) in [5.41, 5.74) is 0.241. The number of carboxylic acid groups (broad SMARTS) is 1. The molecule has 0 aliphatic heterocycles. The molecule has 1 atom stereocenters. The molecule has 0 radical (unpaired) electrons. The Kier molecular flexibility index (Phi) is 2.59. The highest BCUT2D eigenvalue weighted by atomic mass is 16.4. The highest BCUT2D eigenvalue weighted by Gasteiger charge is 2.17. The van der Waals surface area contributed by atoms with Crippen molar-refractivity contribution in [3.05, 3.63) is 40.2 Å². The quantitative estimate of drug-likeness (QED) is 0.731. The van der Waals surface area contributed by atoms with Crippen LogP contribution >= 0.6 is 0 Å². The Balaban J connectivity index is 2.68. The van der Waals surface area contributed by atoms with Crippen molar-refractivity contribution in [3.63, 3.8) is 0 Å². The number of carboxylic acids is 1. The van der Waals surface area contributed by atoms with Gasteiger partial charge in [0.25, 0.3) is 5.56 Å². The number of rotatable bonds is 2. The fraction of sp³-hybridized carbons (Fsp3) is 0.167. The molecule has 2 aromatic rings. The van der Waals surface area contributed by atoms with E-state index in [1.807, 2.05) is 0 Å². The molecule has 17 heavy (non-hydrogen) atoms. The highest BCUT2D eigenvalue weighted by Crippen LogP contribution is 2.20. The molecule has 0 aliphatic rings. The van der Waals surface area contributed by atoms with Gasteiger partial charge in [0.05, 0.1) is 11.4 Å². The van der Waals surface area contributed by atoms with Gasteiger partial charge >= 0.3 is 5.97 Å². The lowest BCUT2D eigenvalue weighted by Gasteiger charge is -2.07. The number of aliphatic carboxylic acids is 1. The highest BCUT2D eigenvalue weighted by molar-refractivity contribution is 5.83. The molecular formula is C12H11NO4. The van der Waals surface area contributed by atoms with Crippen molar-refractivity contribution in [1.82, 2.24) is 4.98 Å². The summed E-state index contributed by atoms with van der Waals surface area (Å²) < 4.78 is 0. The zero-order valence-electron chi connectivity index (χ0n) is 9.10. The first-order chi connectivity index (χ1) is 7.99. The van der Waals surface area contributed by atoms with Gasteiger partial charge in [0.2, 0.25) is 0 Å². The van der Waals surface area contributed by atoms with Crippen molar-refractivity contribution in [2.45, 2.75) is 12.8 Å². The summed E-state index contributed by atoms with van der Waals surface area (Å²) >= 11 is 0. The maximum atomic E-state index is 11.7. The molecule has 0 spiro atoms. The van der Waals surface area contributed by atoms with Crippen LogP contribution < -0.4 is 5.56 Å². The molecule has 0 aliphatic carbocycles. The van der Waals surface area contributed by atoms with Crippen molar-refractivity contribution >= 4 is 16.9 Å². The van der Waals surface area contributed by atoms with Crippen LogP contribution in [0.5, 0.6) is 5.75 Å². The summed E-state index contributed by atoms with van der Waals surface area (Å²) in [6, 6.07) is 6.06. The van der Waals surface area contributed by atoms with E-state index in [1.54, 1.807) is 6.07 Å². The number of aromatic amines is 1. The number of aromatic hydroxyl groups is 1. The van der Waals surface area contributed by atoms with Crippen LogP contribution in [0.15, 0.2) is 29.1 Å². The van der Waals surface area contributed by atoms with E-state index in [-0.39, 0.29) is 11.3 Å². The number of pyridine rings is 1. The Morgan fingerprint density at radius 1 is 1.35 bits per heavy atom. The molecule has 1 unspecified atom stereocenters. The average molecular weight is 233 g/mol. The molecule has 88 valence electrons. The molecule has 5 heteroatoms. The molecule has 0 bridgehead atoms. The monoisotopic (exact) mass is 233 g/mol. The van der Waals surface area contributed by atoms with Crippen molar-refractivity contribution in [2.75, 3.05) is 0 Å². The van der Waals surface area contributed by atoms with Crippen LogP contribution in [-0.4, -0.2) is 21.2 Å². The minimum absolute atomic E-state index is 0.0483. The maximum absolute atomic E-state index is 11.7. The van der Waals surface area contributed by atoms with Gasteiger partial charge in [-0.25, -0.2) is 0 Å². The number of hydrogen-bond acceptors (Lipinski definition) is 3. The van der Waals surface area contributed by atoms with E-state index in [0.717, 1.165) is 0 Å². The van der Waals surface area contributed by atoms with Crippen molar-refractivity contribution in [1.29, 1.82) is 0 Å². The summed E-state index contributed by atoms with van der Waals surface area (Å²) in [6.45, 7) is 1.46. The molecule has 0 amide bonds. The second-order valence-electron chi connectivity index (χ2n) is 3.89. The Bertz CT molecular complexity index is 644. The maximum Gasteiger partial charge on any atom is 0.310 e. The molecule has 0 saturated carbocycles. The van der Waals surface area contributed by atoms with Gasteiger partial charge in [-0.15, -0.1) is 0 Å². The number of benzene rings is 1. The molecular weight excluding hydrogens is 222 g/mol. The number of carbonyl (C=O) groups is 1. The van der Waals surface area contributed by atoms with Crippen LogP contribution in [-0.2, 0) is 4.79 Å². The van der Waals surface area contributed by atoms with E-state index in [2.05, 4.69) is 4.98 Å². The molecule has 1 aromatic carbocycles. The Morgan fingerprint density at radius 2 is 2.06 bits per heavy atom. The predicted molar refractivity (Wildman–Crippen MR) is 62.3 cm³/mol. The number of fused-ring (bicyclic) bond motifs is 1. The normalized spacial score (nSPS) is 12.5. The van der Waals surface area contributed by atoms with Crippen LogP contribution in [0.3, 0.4) is 0 Å². The summed E-state index contributed by atoms with van der Waals surface area (Å²) in [5.74, 6) is -1.86. The third-order valence-electron chi connectivity index (χ3n) is 2.70. The average Bonchev–Trinajstić information content (AvgIpc) is 2.27. The number of hydrogen-bond donors (Lipinski definition) is 3. The molecule has 5 nitrogen and oxygen atoms in total. The fourth-order valence-electron chi connectivity index (χ4n) is 1.66. The lowest BCUT2D eigenvalue weighted by molar-refractivity contribution is -0.138. The summed E-state index contributed by atoms with van der Waals surface area (Å²) in [6.07, 6.45) is 0. The van der Waals surface area contributed by atoms with Crippen LogP contribution in [0, 0.1) is 0 Å². The minimum Gasteiger partial charge on any atom is -0.508 e. The van der Waals surface area contributed by atoms with Crippen molar-refractivity contribution in [3.8, 4) is 5.75 Å². The number of aromatic nitrogens is 1. The van der Waals surface area contributed by atoms with Gasteiger partial charge in [-0.2, -0.15) is 0 Å². The topological polar surface area (TPSA) is 90.4 Å².